The second kappa shape index (κ2) is 3.91. The number of hydrogen-bond donors (Lipinski definition) is 1. The van der Waals surface area contributed by atoms with Gasteiger partial charge in [0.25, 0.3) is 0 Å². The van der Waals surface area contributed by atoms with Gasteiger partial charge in [-0.15, -0.1) is 0 Å². The van der Waals surface area contributed by atoms with Crippen LogP contribution >= 0.6 is 0 Å². The molecule has 0 saturated carbocycles. The molecule has 2 aromatic rings. The molecular weight excluding hydrogens is 172 g/mol. The Hall–Kier alpha value is -1.18. The minimum Gasteiger partial charge on any atom is -0.348 e. The van der Waals surface area contributed by atoms with Gasteiger partial charge in [0, 0.05) is 23.3 Å². The molecule has 0 radical (unpaired) electrons. The molecule has 0 bridgehead atoms. The predicted octanol–water partition coefficient (Wildman–Crippen LogP) is 3.75. The smallest absolute Gasteiger partial charge is 0.117 e. The Labute approximate surface area is 85.9 Å². The second-order valence-corrected chi connectivity index (χ2v) is 4.14. The second-order valence-electron chi connectivity index (χ2n) is 4.14. The van der Waals surface area contributed by atoms with Crippen molar-refractivity contribution in [3.05, 3.63) is 24.5 Å². The highest BCUT2D eigenvalue weighted by Gasteiger charge is 2.14. The average Bonchev–Trinajstić information content (AvgIpc) is 2.64. The molecule has 0 fully saturated rings. The Morgan fingerprint density at radius 2 is 1.79 bits per heavy atom. The summed E-state index contributed by atoms with van der Waals surface area (Å²) in [5.41, 5.74) is 1.37. The van der Waals surface area contributed by atoms with E-state index in [1.807, 2.05) is 20.0 Å². The molecule has 2 heteroatoms. The summed E-state index contributed by atoms with van der Waals surface area (Å²) in [6.45, 7) is 10.6. The molecule has 14 heavy (non-hydrogen) atoms. The Bertz CT molecular complexity index is 388. The van der Waals surface area contributed by atoms with Crippen molar-refractivity contribution in [3.63, 3.8) is 0 Å². The van der Waals surface area contributed by atoms with E-state index in [1.54, 1.807) is 0 Å². The van der Waals surface area contributed by atoms with E-state index in [0.717, 1.165) is 0 Å². The maximum Gasteiger partial charge on any atom is 0.117 e. The standard InChI is InChI=1S/C10H14N2.C2H6/c1-10(2,3)12-7-5-8-4-6-11-9(8)12;1-2/h4-7,11H,1-3H3;1-2H3. The van der Waals surface area contributed by atoms with Crippen LogP contribution in [-0.2, 0) is 5.54 Å². The molecular formula is C12H20N2. The van der Waals surface area contributed by atoms with Crippen LogP contribution in [0, 0.1) is 0 Å². The van der Waals surface area contributed by atoms with Gasteiger partial charge in [-0.1, -0.05) is 13.8 Å². The largest absolute Gasteiger partial charge is 0.348 e. The maximum absolute atomic E-state index is 3.24. The molecule has 0 aliphatic carbocycles. The van der Waals surface area contributed by atoms with Crippen molar-refractivity contribution in [2.45, 2.75) is 40.2 Å². The first-order valence-corrected chi connectivity index (χ1v) is 5.24. The van der Waals surface area contributed by atoms with Gasteiger partial charge < -0.3 is 9.55 Å². The summed E-state index contributed by atoms with van der Waals surface area (Å²) in [5, 5.41) is 1.28. The topological polar surface area (TPSA) is 20.7 Å². The Kier molecular flexibility index (Phi) is 3.04. The first-order valence-electron chi connectivity index (χ1n) is 5.24. The van der Waals surface area contributed by atoms with Crippen molar-refractivity contribution in [1.82, 2.24) is 9.55 Å². The highest BCUT2D eigenvalue weighted by atomic mass is 15.1. The molecule has 2 rings (SSSR count). The van der Waals surface area contributed by atoms with Crippen LogP contribution in [0.4, 0.5) is 0 Å². The van der Waals surface area contributed by atoms with Gasteiger partial charge in [-0.25, -0.2) is 0 Å². The van der Waals surface area contributed by atoms with E-state index < -0.39 is 0 Å². The molecule has 0 unspecified atom stereocenters. The molecule has 0 aromatic carbocycles. The first-order chi connectivity index (χ1) is 6.59. The number of aromatic amines is 1. The summed E-state index contributed by atoms with van der Waals surface area (Å²) in [4.78, 5) is 3.24. The van der Waals surface area contributed by atoms with Crippen LogP contribution in [-0.4, -0.2) is 9.55 Å². The number of nitrogens with zero attached hydrogens (tertiary/aromatic N) is 1. The highest BCUT2D eigenvalue weighted by molar-refractivity contribution is 5.77. The number of hydrogen-bond acceptors (Lipinski definition) is 0. The van der Waals surface area contributed by atoms with Crippen molar-refractivity contribution in [2.24, 2.45) is 0 Å². The normalized spacial score (nSPS) is 11.2. The van der Waals surface area contributed by atoms with Gasteiger partial charge in [0.15, 0.2) is 0 Å². The van der Waals surface area contributed by atoms with E-state index in [9.17, 15) is 0 Å². The maximum atomic E-state index is 3.24. The molecule has 0 aliphatic rings. The van der Waals surface area contributed by atoms with Crippen molar-refractivity contribution in [2.75, 3.05) is 0 Å². The van der Waals surface area contributed by atoms with Crippen LogP contribution in [0.25, 0.3) is 11.0 Å². The quantitative estimate of drug-likeness (QED) is 0.656. The number of rotatable bonds is 0. The number of H-pyrrole nitrogens is 1. The van der Waals surface area contributed by atoms with Gasteiger partial charge in [-0.2, -0.15) is 0 Å². The monoisotopic (exact) mass is 192 g/mol. The average molecular weight is 192 g/mol. The van der Waals surface area contributed by atoms with Gasteiger partial charge in [-0.05, 0) is 32.9 Å². The molecule has 2 heterocycles. The fourth-order valence-electron chi connectivity index (χ4n) is 1.50. The Morgan fingerprint density at radius 3 is 2.36 bits per heavy atom. The van der Waals surface area contributed by atoms with Gasteiger partial charge in [0.2, 0.25) is 0 Å². The lowest BCUT2D eigenvalue weighted by Crippen LogP contribution is -2.20. The van der Waals surface area contributed by atoms with E-state index in [1.165, 1.54) is 11.0 Å². The molecule has 0 amide bonds. The van der Waals surface area contributed by atoms with Crippen molar-refractivity contribution >= 4 is 11.0 Å². The molecule has 78 valence electrons. The summed E-state index contributed by atoms with van der Waals surface area (Å²) in [5.74, 6) is 0. The summed E-state index contributed by atoms with van der Waals surface area (Å²) in [6, 6.07) is 4.23. The van der Waals surface area contributed by atoms with Crippen LogP contribution in [0.5, 0.6) is 0 Å². The third kappa shape index (κ3) is 1.84. The molecule has 2 nitrogen and oxygen atoms in total. The summed E-state index contributed by atoms with van der Waals surface area (Å²) >= 11 is 0. The number of aromatic nitrogens is 2. The van der Waals surface area contributed by atoms with Crippen LogP contribution in [0.3, 0.4) is 0 Å². The molecule has 0 aliphatic heterocycles. The zero-order chi connectivity index (χ0) is 10.8. The highest BCUT2D eigenvalue weighted by Crippen LogP contribution is 2.22. The van der Waals surface area contributed by atoms with Gasteiger partial charge >= 0.3 is 0 Å². The van der Waals surface area contributed by atoms with Crippen LogP contribution in [0.15, 0.2) is 24.5 Å². The zero-order valence-electron chi connectivity index (χ0n) is 9.76. The summed E-state index contributed by atoms with van der Waals surface area (Å²) < 4.78 is 2.25. The molecule has 0 atom stereocenters. The molecule has 2 aromatic heterocycles. The Balaban J connectivity index is 0.000000461. The SMILES string of the molecule is CC.CC(C)(C)n1ccc2cc[nH]c21. The van der Waals surface area contributed by atoms with Crippen molar-refractivity contribution in [3.8, 4) is 0 Å². The van der Waals surface area contributed by atoms with Gasteiger partial charge in [0.1, 0.15) is 5.65 Å². The lowest BCUT2D eigenvalue weighted by atomic mass is 10.1. The minimum absolute atomic E-state index is 0.159. The fourth-order valence-corrected chi connectivity index (χ4v) is 1.50. The molecule has 1 N–H and O–H groups in total. The lowest BCUT2D eigenvalue weighted by Gasteiger charge is -2.21. The number of fused-ring (bicyclic) bond motifs is 1. The van der Waals surface area contributed by atoms with E-state index in [2.05, 4.69) is 48.7 Å². The van der Waals surface area contributed by atoms with Crippen LogP contribution in [0.2, 0.25) is 0 Å². The zero-order valence-corrected chi connectivity index (χ0v) is 9.76. The van der Waals surface area contributed by atoms with Crippen LogP contribution in [0.1, 0.15) is 34.6 Å². The molecule has 0 spiro atoms. The van der Waals surface area contributed by atoms with E-state index >= 15 is 0 Å². The minimum atomic E-state index is 0.159. The third-order valence-corrected chi connectivity index (χ3v) is 2.12. The van der Waals surface area contributed by atoms with E-state index in [-0.39, 0.29) is 5.54 Å². The number of nitrogens with one attached hydrogen (secondary N) is 1. The molecule has 0 saturated heterocycles. The van der Waals surface area contributed by atoms with Crippen molar-refractivity contribution < 1.29 is 0 Å². The van der Waals surface area contributed by atoms with E-state index in [0.29, 0.717) is 0 Å². The van der Waals surface area contributed by atoms with Crippen LogP contribution < -0.4 is 0 Å². The van der Waals surface area contributed by atoms with Gasteiger partial charge in [-0.3, -0.25) is 0 Å². The fraction of sp³-hybridized carbons (Fsp3) is 0.500. The first kappa shape index (κ1) is 10.9. The predicted molar refractivity (Wildman–Crippen MR) is 62.6 cm³/mol. The van der Waals surface area contributed by atoms with E-state index in [4.69, 9.17) is 0 Å². The van der Waals surface area contributed by atoms with Crippen molar-refractivity contribution in [1.29, 1.82) is 0 Å². The summed E-state index contributed by atoms with van der Waals surface area (Å²) in [7, 11) is 0. The van der Waals surface area contributed by atoms with Gasteiger partial charge in [0.05, 0.1) is 0 Å². The lowest BCUT2D eigenvalue weighted by molar-refractivity contribution is 0.409. The summed E-state index contributed by atoms with van der Waals surface area (Å²) in [6.07, 6.45) is 4.11. The third-order valence-electron chi connectivity index (χ3n) is 2.12. The Morgan fingerprint density at radius 1 is 1.14 bits per heavy atom.